The molecule has 1 aliphatic rings. The highest BCUT2D eigenvalue weighted by atomic mass is 35.5. The first kappa shape index (κ1) is 7.69. The molecule has 0 saturated heterocycles. The highest BCUT2D eigenvalue weighted by Gasteiger charge is 2.12. The Morgan fingerprint density at radius 2 is 2.50 bits per heavy atom. The Morgan fingerprint density at radius 1 is 1.80 bits per heavy atom. The first-order valence-electron chi connectivity index (χ1n) is 2.61. The number of rotatable bonds is 1. The molecule has 1 aliphatic heterocycles. The van der Waals surface area contributed by atoms with Gasteiger partial charge >= 0.3 is 0 Å². The maximum Gasteiger partial charge on any atom is 0.210 e. The minimum atomic E-state index is -0.527. The zero-order chi connectivity index (χ0) is 7.56. The highest BCUT2D eigenvalue weighted by molar-refractivity contribution is 6.26. The van der Waals surface area contributed by atoms with E-state index in [1.165, 1.54) is 17.7 Å². The van der Waals surface area contributed by atoms with Crippen LogP contribution in [0.1, 0.15) is 0 Å². The Kier molecular flexibility index (Phi) is 2.40. The largest absolute Gasteiger partial charge is 0.494 e. The Bertz CT molecular complexity index is 180. The van der Waals surface area contributed by atoms with E-state index in [9.17, 15) is 0 Å². The highest BCUT2D eigenvalue weighted by Crippen LogP contribution is 2.15. The van der Waals surface area contributed by atoms with Gasteiger partial charge in [0, 0.05) is 11.8 Å². The van der Waals surface area contributed by atoms with Gasteiger partial charge in [-0.2, -0.15) is 0 Å². The van der Waals surface area contributed by atoms with Crippen LogP contribution in [0.3, 0.4) is 0 Å². The molecule has 0 radical (unpaired) electrons. The predicted molar refractivity (Wildman–Crippen MR) is 40.9 cm³/mol. The van der Waals surface area contributed by atoms with Crippen LogP contribution in [0.2, 0.25) is 0 Å². The fourth-order valence-electron chi connectivity index (χ4n) is 0.520. The van der Waals surface area contributed by atoms with E-state index in [0.29, 0.717) is 5.76 Å². The molecular weight excluding hydrogens is 175 g/mol. The van der Waals surface area contributed by atoms with Gasteiger partial charge in [0.25, 0.3) is 0 Å². The van der Waals surface area contributed by atoms with Gasteiger partial charge in [-0.15, -0.1) is 0 Å². The molecule has 0 aromatic heterocycles. The number of methoxy groups -OCH3 is 1. The molecule has 0 bridgehead atoms. The van der Waals surface area contributed by atoms with Crippen LogP contribution in [0.5, 0.6) is 0 Å². The average molecular weight is 181 g/mol. The minimum Gasteiger partial charge on any atom is -0.494 e. The third-order valence-corrected chi connectivity index (χ3v) is 1.72. The SMILES string of the molecule is COC1=CN(Cl)C(Cl)N=C1. The van der Waals surface area contributed by atoms with Gasteiger partial charge in [0.05, 0.1) is 19.5 Å². The molecular formula is C5H6Cl2N2O. The predicted octanol–water partition coefficient (Wildman–Crippen LogP) is 1.54. The summed E-state index contributed by atoms with van der Waals surface area (Å²) >= 11 is 11.2. The first-order chi connectivity index (χ1) is 4.74. The Hall–Kier alpha value is -0.410. The van der Waals surface area contributed by atoms with Gasteiger partial charge in [-0.05, 0) is 0 Å². The van der Waals surface area contributed by atoms with Crippen molar-refractivity contribution in [3.63, 3.8) is 0 Å². The molecule has 1 heterocycles. The lowest BCUT2D eigenvalue weighted by Crippen LogP contribution is -2.19. The molecule has 0 fully saturated rings. The zero-order valence-corrected chi connectivity index (χ0v) is 6.80. The quantitative estimate of drug-likeness (QED) is 0.348. The summed E-state index contributed by atoms with van der Waals surface area (Å²) in [5, 5.41) is 0. The molecule has 0 aliphatic carbocycles. The van der Waals surface area contributed by atoms with E-state index in [1.54, 1.807) is 6.20 Å². The normalized spacial score (nSPS) is 24.5. The van der Waals surface area contributed by atoms with Crippen molar-refractivity contribution in [2.75, 3.05) is 7.11 Å². The summed E-state index contributed by atoms with van der Waals surface area (Å²) in [4.78, 5) is 3.80. The van der Waals surface area contributed by atoms with Crippen molar-refractivity contribution in [1.29, 1.82) is 0 Å². The number of ether oxygens (including phenoxy) is 1. The summed E-state index contributed by atoms with van der Waals surface area (Å²) in [7, 11) is 1.54. The van der Waals surface area contributed by atoms with Gasteiger partial charge < -0.3 is 4.74 Å². The van der Waals surface area contributed by atoms with Crippen molar-refractivity contribution in [3.05, 3.63) is 12.0 Å². The molecule has 0 N–H and O–H groups in total. The van der Waals surface area contributed by atoms with Crippen LogP contribution in [0.25, 0.3) is 0 Å². The average Bonchev–Trinajstić information content (AvgIpc) is 1.95. The topological polar surface area (TPSA) is 24.8 Å². The van der Waals surface area contributed by atoms with Crippen molar-refractivity contribution < 1.29 is 4.74 Å². The van der Waals surface area contributed by atoms with E-state index in [2.05, 4.69) is 4.99 Å². The molecule has 0 saturated carbocycles. The number of hydrogen-bond donors (Lipinski definition) is 0. The third kappa shape index (κ3) is 1.55. The van der Waals surface area contributed by atoms with Crippen LogP contribution in [0.15, 0.2) is 17.0 Å². The van der Waals surface area contributed by atoms with Crippen LogP contribution < -0.4 is 0 Å². The summed E-state index contributed by atoms with van der Waals surface area (Å²) in [6.45, 7) is 0. The lowest BCUT2D eigenvalue weighted by Gasteiger charge is -2.18. The molecule has 0 amide bonds. The summed E-state index contributed by atoms with van der Waals surface area (Å²) in [5.74, 6) is 0.590. The molecule has 0 aromatic carbocycles. The molecule has 1 unspecified atom stereocenters. The zero-order valence-electron chi connectivity index (χ0n) is 5.29. The van der Waals surface area contributed by atoms with Gasteiger partial charge in [-0.25, -0.2) is 4.99 Å². The maximum absolute atomic E-state index is 5.59. The second-order valence-electron chi connectivity index (χ2n) is 1.67. The smallest absolute Gasteiger partial charge is 0.210 e. The first-order valence-corrected chi connectivity index (χ1v) is 3.38. The van der Waals surface area contributed by atoms with E-state index in [0.717, 1.165) is 0 Å². The molecule has 5 heteroatoms. The maximum atomic E-state index is 5.59. The fraction of sp³-hybridized carbons (Fsp3) is 0.400. The number of alkyl halides is 1. The summed E-state index contributed by atoms with van der Waals surface area (Å²) < 4.78 is 6.07. The van der Waals surface area contributed by atoms with Gasteiger partial charge in [0.2, 0.25) is 5.62 Å². The van der Waals surface area contributed by atoms with Gasteiger partial charge in [0.15, 0.2) is 5.76 Å². The molecule has 0 aromatic rings. The van der Waals surface area contributed by atoms with E-state index in [-0.39, 0.29) is 0 Å². The summed E-state index contributed by atoms with van der Waals surface area (Å²) in [6, 6.07) is 0. The van der Waals surface area contributed by atoms with Crippen molar-refractivity contribution in [2.24, 2.45) is 4.99 Å². The lowest BCUT2D eigenvalue weighted by atomic mass is 10.5. The summed E-state index contributed by atoms with van der Waals surface area (Å²) in [5.41, 5.74) is -0.527. The molecule has 1 atom stereocenters. The lowest BCUT2D eigenvalue weighted by molar-refractivity contribution is 0.304. The van der Waals surface area contributed by atoms with E-state index < -0.39 is 5.62 Å². The van der Waals surface area contributed by atoms with Gasteiger partial charge in [-0.1, -0.05) is 11.6 Å². The molecule has 1 rings (SSSR count). The number of aliphatic imine (C=N–C) groups is 1. The molecule has 0 spiro atoms. The molecule has 56 valence electrons. The second kappa shape index (κ2) is 3.12. The monoisotopic (exact) mass is 180 g/mol. The van der Waals surface area contributed by atoms with Gasteiger partial charge in [0.1, 0.15) is 0 Å². The van der Waals surface area contributed by atoms with Crippen molar-refractivity contribution in [2.45, 2.75) is 5.62 Å². The Balaban J connectivity index is 2.66. The standard InChI is InChI=1S/C5H6Cl2N2O/c1-10-4-2-8-5(6)9(7)3-4/h2-3,5H,1H3. The third-order valence-electron chi connectivity index (χ3n) is 1.01. The van der Waals surface area contributed by atoms with E-state index in [1.807, 2.05) is 0 Å². The van der Waals surface area contributed by atoms with Gasteiger partial charge in [-0.3, -0.25) is 4.42 Å². The van der Waals surface area contributed by atoms with E-state index in [4.69, 9.17) is 28.1 Å². The van der Waals surface area contributed by atoms with Crippen molar-refractivity contribution >= 4 is 29.6 Å². The Morgan fingerprint density at radius 3 is 3.00 bits per heavy atom. The van der Waals surface area contributed by atoms with Crippen LogP contribution in [0, 0.1) is 0 Å². The van der Waals surface area contributed by atoms with Crippen LogP contribution in [-0.2, 0) is 4.74 Å². The number of halogens is 2. The number of nitrogens with zero attached hydrogens (tertiary/aromatic N) is 2. The molecule has 10 heavy (non-hydrogen) atoms. The van der Waals surface area contributed by atoms with Crippen molar-refractivity contribution in [3.8, 4) is 0 Å². The number of allylic oxidation sites excluding steroid dienone is 1. The van der Waals surface area contributed by atoms with E-state index >= 15 is 0 Å². The van der Waals surface area contributed by atoms with Crippen LogP contribution in [-0.4, -0.2) is 23.4 Å². The van der Waals surface area contributed by atoms with Crippen LogP contribution in [0.4, 0.5) is 0 Å². The minimum absolute atomic E-state index is 0.527. The molecule has 3 nitrogen and oxygen atoms in total. The number of hydrogen-bond acceptors (Lipinski definition) is 3. The second-order valence-corrected chi connectivity index (χ2v) is 2.45. The van der Waals surface area contributed by atoms with Crippen LogP contribution >= 0.6 is 23.4 Å². The van der Waals surface area contributed by atoms with Crippen molar-refractivity contribution in [1.82, 2.24) is 4.42 Å². The fourth-order valence-corrected chi connectivity index (χ4v) is 0.780. The summed E-state index contributed by atoms with van der Waals surface area (Å²) in [6.07, 6.45) is 3.09. The Labute approximate surface area is 69.0 Å².